The van der Waals surface area contributed by atoms with Gasteiger partial charge in [-0.05, 0) is 53.9 Å². The molecule has 252 valence electrons. The molecule has 8 aromatic carbocycles. The summed E-state index contributed by atoms with van der Waals surface area (Å²) in [6.07, 6.45) is 0. The molecule has 0 atom stereocenters. The van der Waals surface area contributed by atoms with Crippen LogP contribution in [0.2, 0.25) is 0 Å². The normalized spacial score (nSPS) is 11.7. The lowest BCUT2D eigenvalue weighted by Gasteiger charge is -2.12. The molecule has 5 heteroatoms. The molecule has 3 heterocycles. The van der Waals surface area contributed by atoms with Gasteiger partial charge in [-0.3, -0.25) is 0 Å². The second kappa shape index (κ2) is 12.1. The fraction of sp³-hybridized carbons (Fsp3) is 0. The van der Waals surface area contributed by atoms with Gasteiger partial charge in [0.2, 0.25) is 0 Å². The van der Waals surface area contributed by atoms with Crippen LogP contribution < -0.4 is 0 Å². The van der Waals surface area contributed by atoms with Crippen molar-refractivity contribution >= 4 is 54.4 Å². The molecule has 5 nitrogen and oxygen atoms in total. The minimum Gasteiger partial charge on any atom is -0.309 e. The molecule has 0 spiro atoms. The Balaban J connectivity index is 1.14. The fourth-order valence-electron chi connectivity index (χ4n) is 8.13. The van der Waals surface area contributed by atoms with Gasteiger partial charge in [-0.15, -0.1) is 0 Å². The quantitative estimate of drug-likeness (QED) is 0.181. The largest absolute Gasteiger partial charge is 0.309 e. The van der Waals surface area contributed by atoms with Gasteiger partial charge in [0.25, 0.3) is 0 Å². The Labute approximate surface area is 311 Å². The van der Waals surface area contributed by atoms with E-state index in [1.54, 1.807) is 0 Å². The van der Waals surface area contributed by atoms with Gasteiger partial charge in [0.15, 0.2) is 17.5 Å². The molecule has 3 aromatic heterocycles. The van der Waals surface area contributed by atoms with Gasteiger partial charge in [0.05, 0.1) is 22.1 Å². The monoisotopic (exact) mass is 689 g/mol. The first-order chi connectivity index (χ1) is 26.8. The van der Waals surface area contributed by atoms with Gasteiger partial charge >= 0.3 is 0 Å². The highest BCUT2D eigenvalue weighted by Crippen LogP contribution is 2.43. The number of nitrogens with zero attached hydrogens (tertiary/aromatic N) is 5. The van der Waals surface area contributed by atoms with Crippen LogP contribution in [0.1, 0.15) is 0 Å². The van der Waals surface area contributed by atoms with Crippen molar-refractivity contribution < 1.29 is 0 Å². The van der Waals surface area contributed by atoms with Crippen molar-refractivity contribution in [2.75, 3.05) is 0 Å². The molecule has 0 aliphatic rings. The lowest BCUT2D eigenvalue weighted by atomic mass is 10.0. The molecule has 0 fully saturated rings. The van der Waals surface area contributed by atoms with Crippen LogP contribution in [0.25, 0.3) is 99.9 Å². The van der Waals surface area contributed by atoms with Crippen molar-refractivity contribution in [2.24, 2.45) is 0 Å². The maximum absolute atomic E-state index is 4.97. The molecule has 0 aliphatic heterocycles. The van der Waals surface area contributed by atoms with Gasteiger partial charge < -0.3 is 9.13 Å². The van der Waals surface area contributed by atoms with Crippen LogP contribution >= 0.6 is 0 Å². The van der Waals surface area contributed by atoms with Gasteiger partial charge in [0.1, 0.15) is 0 Å². The minimum absolute atomic E-state index is 0.637. The molecule has 11 aromatic rings. The van der Waals surface area contributed by atoms with Crippen molar-refractivity contribution in [3.05, 3.63) is 188 Å². The summed E-state index contributed by atoms with van der Waals surface area (Å²) < 4.78 is 4.86. The van der Waals surface area contributed by atoms with E-state index in [1.165, 1.54) is 43.4 Å². The van der Waals surface area contributed by atoms with Crippen LogP contribution in [0, 0.1) is 0 Å². The van der Waals surface area contributed by atoms with Crippen molar-refractivity contribution in [1.82, 2.24) is 24.1 Å². The minimum atomic E-state index is 0.637. The smallest absolute Gasteiger partial charge is 0.164 e. The Bertz CT molecular complexity index is 3120. The highest BCUT2D eigenvalue weighted by molar-refractivity contribution is 6.28. The Kier molecular flexibility index (Phi) is 6.79. The average Bonchev–Trinajstić information content (AvgIpc) is 3.78. The number of rotatable bonds is 5. The van der Waals surface area contributed by atoms with Crippen molar-refractivity contribution in [1.29, 1.82) is 0 Å². The molecule has 0 aliphatic carbocycles. The third-order valence-electron chi connectivity index (χ3n) is 10.5. The van der Waals surface area contributed by atoms with Crippen molar-refractivity contribution in [3.63, 3.8) is 0 Å². The van der Waals surface area contributed by atoms with E-state index in [0.717, 1.165) is 39.1 Å². The van der Waals surface area contributed by atoms with Gasteiger partial charge in [0, 0.05) is 55.0 Å². The molecular weight excluding hydrogens is 659 g/mol. The predicted molar refractivity (Wildman–Crippen MR) is 222 cm³/mol. The number of hydrogen-bond acceptors (Lipinski definition) is 3. The van der Waals surface area contributed by atoms with Crippen LogP contribution in [0.4, 0.5) is 0 Å². The Hall–Kier alpha value is -7.37. The maximum Gasteiger partial charge on any atom is 0.164 e. The van der Waals surface area contributed by atoms with Gasteiger partial charge in [-0.25, -0.2) is 15.0 Å². The second-order valence-corrected chi connectivity index (χ2v) is 13.6. The van der Waals surface area contributed by atoms with E-state index in [1.807, 2.05) is 60.7 Å². The molecule has 0 radical (unpaired) electrons. The van der Waals surface area contributed by atoms with Crippen LogP contribution in [0.15, 0.2) is 188 Å². The van der Waals surface area contributed by atoms with E-state index >= 15 is 0 Å². The standard InChI is InChI=1S/C49H31N5/c1-4-15-33(16-5-1)47-50-48(34-17-6-2-7-18-34)52-49(51-47)35-24-27-37(28-25-35)53-42-23-13-12-22-41(42)44-43(53)31-30-40-39-29-26-32-14-10-11-21-38(32)45(39)54(46(40)44)36-19-8-3-9-20-36/h1-31H. The van der Waals surface area contributed by atoms with E-state index in [9.17, 15) is 0 Å². The molecule has 0 N–H and O–H groups in total. The molecule has 0 saturated carbocycles. The lowest BCUT2D eigenvalue weighted by Crippen LogP contribution is -2.00. The summed E-state index contributed by atoms with van der Waals surface area (Å²) >= 11 is 0. The van der Waals surface area contributed by atoms with Crippen molar-refractivity contribution in [3.8, 4) is 45.5 Å². The SMILES string of the molecule is c1ccc(-c2nc(-c3ccccc3)nc(-c3ccc(-n4c5ccccc5c5c4ccc4c6ccc7ccccc7c6n(-c6ccccc6)c45)cc3)n2)cc1. The second-order valence-electron chi connectivity index (χ2n) is 13.6. The molecule has 0 saturated heterocycles. The molecular formula is C49H31N5. The number of hydrogen-bond donors (Lipinski definition) is 0. The topological polar surface area (TPSA) is 48.5 Å². The summed E-state index contributed by atoms with van der Waals surface area (Å²) in [7, 11) is 0. The highest BCUT2D eigenvalue weighted by Gasteiger charge is 2.22. The number of aromatic nitrogens is 5. The maximum atomic E-state index is 4.97. The zero-order valence-corrected chi connectivity index (χ0v) is 29.1. The molecule has 0 amide bonds. The molecule has 54 heavy (non-hydrogen) atoms. The first-order valence-corrected chi connectivity index (χ1v) is 18.2. The van der Waals surface area contributed by atoms with Gasteiger partial charge in [-0.2, -0.15) is 0 Å². The van der Waals surface area contributed by atoms with Crippen LogP contribution in [-0.4, -0.2) is 24.1 Å². The Morgan fingerprint density at radius 1 is 0.296 bits per heavy atom. The summed E-state index contributed by atoms with van der Waals surface area (Å²) in [6, 6.07) is 66.2. The third-order valence-corrected chi connectivity index (χ3v) is 10.5. The van der Waals surface area contributed by atoms with Crippen LogP contribution in [0.5, 0.6) is 0 Å². The summed E-state index contributed by atoms with van der Waals surface area (Å²) in [5, 5.41) is 7.40. The van der Waals surface area contributed by atoms with Crippen molar-refractivity contribution in [2.45, 2.75) is 0 Å². The highest BCUT2D eigenvalue weighted by atomic mass is 15.0. The number of fused-ring (bicyclic) bond motifs is 9. The van der Waals surface area contributed by atoms with E-state index < -0.39 is 0 Å². The van der Waals surface area contributed by atoms with Crippen LogP contribution in [0.3, 0.4) is 0 Å². The predicted octanol–water partition coefficient (Wildman–Crippen LogP) is 12.2. The zero-order valence-electron chi connectivity index (χ0n) is 29.1. The molecule has 0 bridgehead atoms. The molecule has 11 rings (SSSR count). The zero-order chi connectivity index (χ0) is 35.6. The van der Waals surface area contributed by atoms with Gasteiger partial charge in [-0.1, -0.05) is 140 Å². The van der Waals surface area contributed by atoms with E-state index in [0.29, 0.717) is 17.5 Å². The Morgan fingerprint density at radius 3 is 1.46 bits per heavy atom. The summed E-state index contributed by atoms with van der Waals surface area (Å²) in [5.74, 6) is 1.94. The first kappa shape index (κ1) is 30.3. The summed E-state index contributed by atoms with van der Waals surface area (Å²) in [5.41, 5.74) is 9.78. The third kappa shape index (κ3) is 4.69. The number of para-hydroxylation sites is 2. The fourth-order valence-corrected chi connectivity index (χ4v) is 8.13. The van der Waals surface area contributed by atoms with E-state index in [-0.39, 0.29) is 0 Å². The summed E-state index contributed by atoms with van der Waals surface area (Å²) in [6.45, 7) is 0. The van der Waals surface area contributed by atoms with Crippen LogP contribution in [-0.2, 0) is 0 Å². The van der Waals surface area contributed by atoms with E-state index in [4.69, 9.17) is 15.0 Å². The average molecular weight is 690 g/mol. The lowest BCUT2D eigenvalue weighted by molar-refractivity contribution is 1.07. The Morgan fingerprint density at radius 2 is 0.796 bits per heavy atom. The first-order valence-electron chi connectivity index (χ1n) is 18.2. The van der Waals surface area contributed by atoms with E-state index in [2.05, 4.69) is 137 Å². The summed E-state index contributed by atoms with van der Waals surface area (Å²) in [4.78, 5) is 14.8. The molecule has 0 unspecified atom stereocenters. The number of benzene rings is 8.